The molecule has 1 N–H and O–H groups in total. The zero-order valence-corrected chi connectivity index (χ0v) is 25.5. The van der Waals surface area contributed by atoms with Crippen LogP contribution in [0, 0.1) is 12.7 Å². The maximum atomic E-state index is 14.8. The number of hydrogen-bond acceptors (Lipinski definition) is 4. The molecule has 7 nitrogen and oxygen atoms in total. The van der Waals surface area contributed by atoms with E-state index in [1.165, 1.54) is 11.0 Å². The second kappa shape index (κ2) is 13.9. The number of halogens is 2. The molecule has 40 heavy (non-hydrogen) atoms. The number of rotatable bonds is 12. The molecule has 10 heteroatoms. The lowest BCUT2D eigenvalue weighted by atomic mass is 10.0. The van der Waals surface area contributed by atoms with Crippen molar-refractivity contribution in [1.29, 1.82) is 0 Å². The average molecular weight is 633 g/mol. The summed E-state index contributed by atoms with van der Waals surface area (Å²) in [6.45, 7) is 4.84. The SMILES string of the molecule is CC[C@H](C)NC(=O)[C@H](Cc1ccccc1)N(Cc1ccccc1F)C(=O)CN(c1ccc(Br)c(C)c1)S(C)(=O)=O. The summed E-state index contributed by atoms with van der Waals surface area (Å²) in [6.07, 6.45) is 1.87. The first-order valence-corrected chi connectivity index (χ1v) is 15.7. The summed E-state index contributed by atoms with van der Waals surface area (Å²) in [5.41, 5.74) is 2.13. The Bertz CT molecular complexity index is 1440. The van der Waals surface area contributed by atoms with Gasteiger partial charge in [0.1, 0.15) is 18.4 Å². The molecule has 0 aromatic heterocycles. The molecule has 0 saturated carbocycles. The van der Waals surface area contributed by atoms with Gasteiger partial charge in [0, 0.05) is 29.0 Å². The third kappa shape index (κ3) is 8.38. The second-order valence-electron chi connectivity index (χ2n) is 9.84. The lowest BCUT2D eigenvalue weighted by Crippen LogP contribution is -2.54. The number of benzene rings is 3. The lowest BCUT2D eigenvalue weighted by molar-refractivity contribution is -0.140. The highest BCUT2D eigenvalue weighted by Gasteiger charge is 2.34. The number of nitrogens with one attached hydrogen (secondary N) is 1. The number of aryl methyl sites for hydroxylation is 1. The molecule has 2 amide bonds. The molecule has 0 radical (unpaired) electrons. The molecule has 2 atom stereocenters. The summed E-state index contributed by atoms with van der Waals surface area (Å²) < 4.78 is 42.4. The summed E-state index contributed by atoms with van der Waals surface area (Å²) >= 11 is 3.42. The number of sulfonamides is 1. The third-order valence-electron chi connectivity index (χ3n) is 6.68. The Kier molecular flexibility index (Phi) is 10.9. The zero-order valence-electron chi connectivity index (χ0n) is 23.1. The number of amides is 2. The van der Waals surface area contributed by atoms with Crippen molar-refractivity contribution in [3.8, 4) is 0 Å². The van der Waals surface area contributed by atoms with Gasteiger partial charge in [0.05, 0.1) is 11.9 Å². The highest BCUT2D eigenvalue weighted by atomic mass is 79.9. The fraction of sp³-hybridized carbons (Fsp3) is 0.333. The Labute approximate surface area is 244 Å². The Balaban J connectivity index is 2.08. The first-order valence-electron chi connectivity index (χ1n) is 13.0. The number of hydrogen-bond donors (Lipinski definition) is 1. The fourth-order valence-electron chi connectivity index (χ4n) is 4.20. The van der Waals surface area contributed by atoms with Crippen LogP contribution in [-0.4, -0.2) is 50.0 Å². The van der Waals surface area contributed by atoms with Gasteiger partial charge in [-0.1, -0.05) is 71.4 Å². The smallest absolute Gasteiger partial charge is 0.244 e. The van der Waals surface area contributed by atoms with Crippen LogP contribution < -0.4 is 9.62 Å². The first-order chi connectivity index (χ1) is 18.9. The topological polar surface area (TPSA) is 86.8 Å². The Morgan fingerprint density at radius 3 is 2.27 bits per heavy atom. The van der Waals surface area contributed by atoms with Gasteiger partial charge in [0.15, 0.2) is 0 Å². The average Bonchev–Trinajstić information content (AvgIpc) is 2.91. The van der Waals surface area contributed by atoms with Crippen molar-refractivity contribution in [2.24, 2.45) is 0 Å². The van der Waals surface area contributed by atoms with Gasteiger partial charge in [-0.05, 0) is 55.7 Å². The van der Waals surface area contributed by atoms with Crippen molar-refractivity contribution < 1.29 is 22.4 Å². The van der Waals surface area contributed by atoms with Gasteiger partial charge >= 0.3 is 0 Å². The van der Waals surface area contributed by atoms with Crippen LogP contribution in [0.4, 0.5) is 10.1 Å². The summed E-state index contributed by atoms with van der Waals surface area (Å²) in [6, 6.07) is 19.1. The molecule has 0 heterocycles. The standard InChI is InChI=1S/C30H35BrFN3O4S/c1-5-22(3)33-30(37)28(18-23-11-7-6-8-12-23)34(19-24-13-9-10-14-27(24)32)29(36)20-35(40(4,38)39)25-15-16-26(31)21(2)17-25/h6-17,22,28H,5,18-20H2,1-4H3,(H,33,37)/t22-,28-/m0/s1. The van der Waals surface area contributed by atoms with Crippen LogP contribution in [-0.2, 0) is 32.6 Å². The molecule has 214 valence electrons. The van der Waals surface area contributed by atoms with Gasteiger partial charge in [-0.3, -0.25) is 13.9 Å². The van der Waals surface area contributed by atoms with E-state index in [9.17, 15) is 22.4 Å². The largest absolute Gasteiger partial charge is 0.352 e. The van der Waals surface area contributed by atoms with Crippen molar-refractivity contribution in [1.82, 2.24) is 10.2 Å². The van der Waals surface area contributed by atoms with E-state index in [4.69, 9.17) is 0 Å². The van der Waals surface area contributed by atoms with Crippen LogP contribution >= 0.6 is 15.9 Å². The zero-order chi connectivity index (χ0) is 29.4. The van der Waals surface area contributed by atoms with Crippen LogP contribution in [0.5, 0.6) is 0 Å². The van der Waals surface area contributed by atoms with E-state index >= 15 is 0 Å². The van der Waals surface area contributed by atoms with Crippen LogP contribution in [0.2, 0.25) is 0 Å². The minimum absolute atomic E-state index is 0.158. The van der Waals surface area contributed by atoms with Gasteiger partial charge in [-0.15, -0.1) is 0 Å². The van der Waals surface area contributed by atoms with Gasteiger partial charge in [-0.25, -0.2) is 12.8 Å². The summed E-state index contributed by atoms with van der Waals surface area (Å²) in [7, 11) is -3.89. The number of carbonyl (C=O) groups excluding carboxylic acids is 2. The van der Waals surface area contributed by atoms with Crippen molar-refractivity contribution >= 4 is 43.5 Å². The molecule has 3 aromatic carbocycles. The van der Waals surface area contributed by atoms with E-state index in [0.717, 1.165) is 26.2 Å². The molecule has 0 aliphatic carbocycles. The molecule has 0 aliphatic rings. The van der Waals surface area contributed by atoms with E-state index in [2.05, 4.69) is 21.2 Å². The predicted octanol–water partition coefficient (Wildman–Crippen LogP) is 5.22. The molecule has 0 fully saturated rings. The minimum Gasteiger partial charge on any atom is -0.352 e. The van der Waals surface area contributed by atoms with Crippen LogP contribution in [0.15, 0.2) is 77.3 Å². The van der Waals surface area contributed by atoms with Gasteiger partial charge in [-0.2, -0.15) is 0 Å². The van der Waals surface area contributed by atoms with E-state index in [1.54, 1.807) is 36.4 Å². The number of nitrogens with zero attached hydrogens (tertiary/aromatic N) is 2. The maximum Gasteiger partial charge on any atom is 0.244 e. The number of anilines is 1. The van der Waals surface area contributed by atoms with Crippen molar-refractivity contribution in [2.75, 3.05) is 17.1 Å². The summed E-state index contributed by atoms with van der Waals surface area (Å²) in [5, 5.41) is 2.95. The highest BCUT2D eigenvalue weighted by Crippen LogP contribution is 2.25. The third-order valence-corrected chi connectivity index (χ3v) is 8.71. The van der Waals surface area contributed by atoms with Crippen LogP contribution in [0.25, 0.3) is 0 Å². The molecule has 3 rings (SSSR count). The molecule has 0 saturated heterocycles. The van der Waals surface area contributed by atoms with Crippen molar-refractivity contribution in [2.45, 2.75) is 52.2 Å². The van der Waals surface area contributed by atoms with Gasteiger partial charge in [0.25, 0.3) is 0 Å². The van der Waals surface area contributed by atoms with Crippen molar-refractivity contribution in [3.63, 3.8) is 0 Å². The minimum atomic E-state index is -3.89. The highest BCUT2D eigenvalue weighted by molar-refractivity contribution is 9.10. The predicted molar refractivity (Wildman–Crippen MR) is 160 cm³/mol. The van der Waals surface area contributed by atoms with E-state index in [1.807, 2.05) is 51.1 Å². The van der Waals surface area contributed by atoms with Gasteiger partial charge in [0.2, 0.25) is 21.8 Å². The van der Waals surface area contributed by atoms with E-state index < -0.39 is 40.2 Å². The molecule has 0 spiro atoms. The Morgan fingerprint density at radius 2 is 1.68 bits per heavy atom. The molecule has 3 aromatic rings. The quantitative estimate of drug-likeness (QED) is 0.297. The van der Waals surface area contributed by atoms with Crippen LogP contribution in [0.3, 0.4) is 0 Å². The van der Waals surface area contributed by atoms with Gasteiger partial charge < -0.3 is 10.2 Å². The fourth-order valence-corrected chi connectivity index (χ4v) is 5.29. The monoisotopic (exact) mass is 631 g/mol. The molecular formula is C30H35BrFN3O4S. The lowest BCUT2D eigenvalue weighted by Gasteiger charge is -2.34. The van der Waals surface area contributed by atoms with E-state index in [-0.39, 0.29) is 24.6 Å². The molecule has 0 unspecified atom stereocenters. The Hall–Kier alpha value is -3.24. The summed E-state index contributed by atoms with van der Waals surface area (Å²) in [5.74, 6) is -1.55. The Morgan fingerprint density at radius 1 is 1.02 bits per heavy atom. The van der Waals surface area contributed by atoms with E-state index in [0.29, 0.717) is 12.1 Å². The summed E-state index contributed by atoms with van der Waals surface area (Å²) in [4.78, 5) is 29.0. The van der Waals surface area contributed by atoms with Crippen LogP contribution in [0.1, 0.15) is 37.0 Å². The van der Waals surface area contributed by atoms with Crippen molar-refractivity contribution in [3.05, 3.63) is 99.8 Å². The second-order valence-corrected chi connectivity index (χ2v) is 12.6. The molecular weight excluding hydrogens is 597 g/mol. The normalized spacial score (nSPS) is 12.8. The number of carbonyl (C=O) groups is 2. The first kappa shape index (κ1) is 31.3. The maximum absolute atomic E-state index is 14.8. The molecule has 0 bridgehead atoms. The molecule has 0 aliphatic heterocycles.